The Morgan fingerprint density at radius 3 is 2.83 bits per heavy atom. The summed E-state index contributed by atoms with van der Waals surface area (Å²) in [6.07, 6.45) is 0. The van der Waals surface area contributed by atoms with Crippen LogP contribution < -0.4 is 14.4 Å². The van der Waals surface area contributed by atoms with E-state index in [1.165, 1.54) is 0 Å². The maximum atomic E-state index is 11.4. The van der Waals surface area contributed by atoms with Crippen LogP contribution in [0, 0.1) is 17.0 Å². The second-order valence-corrected chi connectivity index (χ2v) is 5.34. The van der Waals surface area contributed by atoms with Gasteiger partial charge in [0.2, 0.25) is 12.6 Å². The molecule has 0 unspecified atom stereocenters. The van der Waals surface area contributed by atoms with Crippen LogP contribution in [0.3, 0.4) is 0 Å². The zero-order chi connectivity index (χ0) is 16.6. The third-order valence-corrected chi connectivity index (χ3v) is 3.84. The fourth-order valence-corrected chi connectivity index (χ4v) is 2.80. The number of hydrogen-bond acceptors (Lipinski definition) is 6. The van der Waals surface area contributed by atoms with E-state index >= 15 is 0 Å². The first kappa shape index (κ1) is 15.1. The molecule has 8 heteroatoms. The van der Waals surface area contributed by atoms with E-state index in [-0.39, 0.29) is 17.4 Å². The van der Waals surface area contributed by atoms with Crippen molar-refractivity contribution in [2.45, 2.75) is 20.4 Å². The third-order valence-electron chi connectivity index (χ3n) is 3.84. The van der Waals surface area contributed by atoms with Gasteiger partial charge < -0.3 is 14.4 Å². The summed E-state index contributed by atoms with van der Waals surface area (Å²) in [5, 5.41) is 15.6. The predicted octanol–water partition coefficient (Wildman–Crippen LogP) is 2.39. The summed E-state index contributed by atoms with van der Waals surface area (Å²) in [6, 6.07) is 5.69. The lowest BCUT2D eigenvalue weighted by molar-refractivity contribution is -0.384. The van der Waals surface area contributed by atoms with Crippen molar-refractivity contribution in [3.05, 3.63) is 39.6 Å². The largest absolute Gasteiger partial charge is 0.454 e. The number of fused-ring (bicyclic) bond motifs is 1. The number of nitro groups is 1. The maximum Gasteiger partial charge on any atom is 0.333 e. The van der Waals surface area contributed by atoms with E-state index in [0.717, 1.165) is 11.3 Å². The van der Waals surface area contributed by atoms with E-state index in [1.807, 2.05) is 30.0 Å². The highest BCUT2D eigenvalue weighted by Crippen LogP contribution is 2.35. The Balaban J connectivity index is 1.93. The third kappa shape index (κ3) is 2.67. The summed E-state index contributed by atoms with van der Waals surface area (Å²) in [6.45, 7) is 4.97. The summed E-state index contributed by atoms with van der Waals surface area (Å²) >= 11 is 0. The average molecular weight is 318 g/mol. The molecular weight excluding hydrogens is 300 g/mol. The quantitative estimate of drug-likeness (QED) is 0.622. The molecule has 0 atom stereocenters. The van der Waals surface area contributed by atoms with Gasteiger partial charge in [-0.3, -0.25) is 10.1 Å². The number of hydrogen-bond donors (Lipinski definition) is 0. The van der Waals surface area contributed by atoms with E-state index in [1.54, 1.807) is 18.7 Å². The first-order chi connectivity index (χ1) is 11.0. The molecule has 1 aromatic carbocycles. The Kier molecular flexibility index (Phi) is 3.81. The van der Waals surface area contributed by atoms with Crippen LogP contribution in [0.2, 0.25) is 0 Å². The molecule has 8 nitrogen and oxygen atoms in total. The molecule has 23 heavy (non-hydrogen) atoms. The van der Waals surface area contributed by atoms with E-state index in [9.17, 15) is 10.1 Å². The highest BCUT2D eigenvalue weighted by Gasteiger charge is 2.28. The van der Waals surface area contributed by atoms with Crippen LogP contribution in [-0.4, -0.2) is 28.0 Å². The van der Waals surface area contributed by atoms with Gasteiger partial charge in [0.05, 0.1) is 4.92 Å². The Morgan fingerprint density at radius 2 is 2.13 bits per heavy atom. The molecule has 0 aliphatic carbocycles. The first-order valence-corrected chi connectivity index (χ1v) is 7.32. The van der Waals surface area contributed by atoms with Crippen molar-refractivity contribution in [3.63, 3.8) is 0 Å². The lowest BCUT2D eigenvalue weighted by atomic mass is 10.2. The molecule has 2 heterocycles. The highest BCUT2D eigenvalue weighted by molar-refractivity contribution is 5.61. The smallest absolute Gasteiger partial charge is 0.333 e. The molecule has 0 fully saturated rings. The predicted molar refractivity (Wildman–Crippen MR) is 83.9 cm³/mol. The van der Waals surface area contributed by atoms with Crippen LogP contribution in [0.25, 0.3) is 0 Å². The van der Waals surface area contributed by atoms with E-state index in [0.29, 0.717) is 30.4 Å². The van der Waals surface area contributed by atoms with E-state index < -0.39 is 0 Å². The van der Waals surface area contributed by atoms with E-state index in [2.05, 4.69) is 5.10 Å². The maximum absolute atomic E-state index is 11.4. The van der Waals surface area contributed by atoms with Gasteiger partial charge in [-0.2, -0.15) is 5.10 Å². The van der Waals surface area contributed by atoms with Gasteiger partial charge in [0.1, 0.15) is 5.69 Å². The SMILES string of the molecule is CCN(Cc1ccc2c(c1)OCO2)c1c([N+](=O)[O-])c(C)nn1C. The van der Waals surface area contributed by atoms with Crippen molar-refractivity contribution in [2.75, 3.05) is 18.2 Å². The summed E-state index contributed by atoms with van der Waals surface area (Å²) in [5.74, 6) is 1.93. The van der Waals surface area contributed by atoms with Gasteiger partial charge >= 0.3 is 5.69 Å². The normalized spacial score (nSPS) is 12.5. The van der Waals surface area contributed by atoms with Crippen molar-refractivity contribution in [3.8, 4) is 11.5 Å². The fourth-order valence-electron chi connectivity index (χ4n) is 2.80. The monoisotopic (exact) mass is 318 g/mol. The van der Waals surface area contributed by atoms with Gasteiger partial charge in [0, 0.05) is 20.1 Å². The summed E-state index contributed by atoms with van der Waals surface area (Å²) < 4.78 is 12.2. The van der Waals surface area contributed by atoms with Crippen LogP contribution in [-0.2, 0) is 13.6 Å². The van der Waals surface area contributed by atoms with Crippen molar-refractivity contribution in [1.29, 1.82) is 0 Å². The zero-order valence-electron chi connectivity index (χ0n) is 13.3. The molecule has 2 aromatic rings. The minimum Gasteiger partial charge on any atom is -0.454 e. The second kappa shape index (κ2) is 5.79. The summed E-state index contributed by atoms with van der Waals surface area (Å²) in [5.41, 5.74) is 1.45. The minimum atomic E-state index is -0.375. The summed E-state index contributed by atoms with van der Waals surface area (Å²) in [4.78, 5) is 12.9. The highest BCUT2D eigenvalue weighted by atomic mass is 16.7. The second-order valence-electron chi connectivity index (χ2n) is 5.34. The molecule has 0 saturated carbocycles. The molecule has 1 aromatic heterocycles. The number of aromatic nitrogens is 2. The lowest BCUT2D eigenvalue weighted by Crippen LogP contribution is -2.25. The number of rotatable bonds is 5. The molecule has 0 spiro atoms. The molecule has 0 saturated heterocycles. The Labute approximate surface area is 133 Å². The number of aryl methyl sites for hydroxylation is 2. The van der Waals surface area contributed by atoms with Gasteiger partial charge in [0.15, 0.2) is 11.5 Å². The van der Waals surface area contributed by atoms with E-state index in [4.69, 9.17) is 9.47 Å². The van der Waals surface area contributed by atoms with Crippen molar-refractivity contribution < 1.29 is 14.4 Å². The molecule has 122 valence electrons. The summed E-state index contributed by atoms with van der Waals surface area (Å²) in [7, 11) is 1.72. The molecular formula is C15H18N4O4. The number of ether oxygens (including phenoxy) is 2. The molecule has 3 rings (SSSR count). The topological polar surface area (TPSA) is 82.7 Å². The van der Waals surface area contributed by atoms with Crippen LogP contribution in [0.1, 0.15) is 18.2 Å². The molecule has 1 aliphatic heterocycles. The Hall–Kier alpha value is -2.77. The molecule has 0 N–H and O–H groups in total. The molecule has 0 radical (unpaired) electrons. The van der Waals surface area contributed by atoms with Crippen molar-refractivity contribution >= 4 is 11.5 Å². The minimum absolute atomic E-state index is 0.0510. The first-order valence-electron chi connectivity index (χ1n) is 7.32. The lowest BCUT2D eigenvalue weighted by Gasteiger charge is -2.22. The molecule has 0 amide bonds. The zero-order valence-corrected chi connectivity index (χ0v) is 13.3. The Bertz CT molecular complexity index is 756. The van der Waals surface area contributed by atoms with Gasteiger partial charge in [0.25, 0.3) is 0 Å². The van der Waals surface area contributed by atoms with Crippen molar-refractivity contribution in [2.24, 2.45) is 7.05 Å². The molecule has 0 bridgehead atoms. The van der Waals surface area contributed by atoms with Crippen LogP contribution in [0.4, 0.5) is 11.5 Å². The van der Waals surface area contributed by atoms with Gasteiger partial charge in [-0.25, -0.2) is 4.68 Å². The fraction of sp³-hybridized carbons (Fsp3) is 0.400. The number of nitrogens with zero attached hydrogens (tertiary/aromatic N) is 4. The van der Waals surface area contributed by atoms with Crippen LogP contribution in [0.15, 0.2) is 18.2 Å². The average Bonchev–Trinajstić information content (AvgIpc) is 3.08. The van der Waals surface area contributed by atoms with Crippen LogP contribution in [0.5, 0.6) is 11.5 Å². The standard InChI is InChI=1S/C15H18N4O4/c1-4-18(15-14(19(20)21)10(2)16-17(15)3)8-11-5-6-12-13(7-11)23-9-22-12/h5-7H,4,8-9H2,1-3H3. The van der Waals surface area contributed by atoms with Gasteiger partial charge in [-0.05, 0) is 31.5 Å². The Morgan fingerprint density at radius 1 is 1.39 bits per heavy atom. The van der Waals surface area contributed by atoms with Crippen LogP contribution >= 0.6 is 0 Å². The van der Waals surface area contributed by atoms with Gasteiger partial charge in [-0.15, -0.1) is 0 Å². The van der Waals surface area contributed by atoms with Crippen molar-refractivity contribution in [1.82, 2.24) is 9.78 Å². The molecule has 1 aliphatic rings. The van der Waals surface area contributed by atoms with Gasteiger partial charge in [-0.1, -0.05) is 6.07 Å². The number of anilines is 1. The number of benzene rings is 1.